The number of nitrogens with two attached hydrogens (primary N) is 1. The Labute approximate surface area is 185 Å². The average molecular weight is 423 g/mol. The van der Waals surface area contributed by atoms with Crippen molar-refractivity contribution in [2.24, 2.45) is 5.73 Å². The lowest BCUT2D eigenvalue weighted by Gasteiger charge is -2.11. The third-order valence-corrected chi connectivity index (χ3v) is 4.77. The number of rotatable bonds is 6. The van der Waals surface area contributed by atoms with E-state index in [1.807, 2.05) is 66.7 Å². The summed E-state index contributed by atoms with van der Waals surface area (Å²) >= 11 is 0. The van der Waals surface area contributed by atoms with Crippen LogP contribution in [0.15, 0.2) is 91.0 Å². The monoisotopic (exact) mass is 423 g/mol. The zero-order valence-corrected chi connectivity index (χ0v) is 17.2. The minimum absolute atomic E-state index is 0.324. The summed E-state index contributed by atoms with van der Waals surface area (Å²) in [6, 6.07) is 28.6. The Balaban J connectivity index is 1.52. The van der Waals surface area contributed by atoms with Crippen molar-refractivity contribution in [3.05, 3.63) is 108 Å². The summed E-state index contributed by atoms with van der Waals surface area (Å²) in [5.74, 6) is 0.334. The second kappa shape index (κ2) is 9.57. The molecule has 0 atom stereocenters. The van der Waals surface area contributed by atoms with Gasteiger partial charge in [-0.15, -0.1) is 0 Å². The number of amides is 1. The van der Waals surface area contributed by atoms with Crippen molar-refractivity contribution in [1.29, 1.82) is 5.41 Å². The molecule has 0 aliphatic heterocycles. The van der Waals surface area contributed by atoms with E-state index in [4.69, 9.17) is 20.6 Å². The molecular formula is C26H21N3O3. The zero-order valence-electron chi connectivity index (χ0n) is 17.2. The first-order valence-corrected chi connectivity index (χ1v) is 9.99. The molecule has 1 heterocycles. The maximum Gasteiger partial charge on any atom is 0.411 e. The topological polar surface area (TPSA) is 98.3 Å². The predicted octanol–water partition coefficient (Wildman–Crippen LogP) is 5.43. The van der Waals surface area contributed by atoms with Gasteiger partial charge in [0.1, 0.15) is 12.4 Å². The van der Waals surface area contributed by atoms with E-state index >= 15 is 0 Å². The molecule has 158 valence electrons. The lowest BCUT2D eigenvalue weighted by Crippen LogP contribution is -2.18. The molecule has 0 saturated heterocycles. The third kappa shape index (κ3) is 5.17. The van der Waals surface area contributed by atoms with Crippen molar-refractivity contribution in [1.82, 2.24) is 4.98 Å². The Kier molecular flexibility index (Phi) is 6.22. The quantitative estimate of drug-likeness (QED) is 0.245. The summed E-state index contributed by atoms with van der Waals surface area (Å²) in [5, 5.41) is 9.23. The highest BCUT2D eigenvalue weighted by atomic mass is 16.6. The second-order valence-electron chi connectivity index (χ2n) is 7.03. The predicted molar refractivity (Wildman–Crippen MR) is 125 cm³/mol. The van der Waals surface area contributed by atoms with Crippen LogP contribution < -0.4 is 10.5 Å². The summed E-state index contributed by atoms with van der Waals surface area (Å²) in [6.07, 6.45) is 0.733. The number of aromatic nitrogens is 1. The maximum absolute atomic E-state index is 11.2. The largest absolute Gasteiger partial charge is 0.487 e. The molecule has 6 nitrogen and oxygen atoms in total. The molecule has 0 aliphatic rings. The molecule has 3 N–H and O–H groups in total. The van der Waals surface area contributed by atoms with E-state index in [0.717, 1.165) is 22.2 Å². The molecule has 1 aromatic heterocycles. The SMILES string of the molecule is N=C(OC(N)=O)C(=Cc1ccccc1)c1ccc(OCc2ccc3ccccc3n2)cc1. The molecule has 6 heteroatoms. The van der Waals surface area contributed by atoms with Crippen molar-refractivity contribution >= 4 is 34.5 Å². The molecule has 1 amide bonds. The number of fused-ring (bicyclic) bond motifs is 1. The minimum atomic E-state index is -1.03. The molecular weight excluding hydrogens is 402 g/mol. The fourth-order valence-electron chi connectivity index (χ4n) is 3.23. The van der Waals surface area contributed by atoms with Gasteiger partial charge in [0.2, 0.25) is 5.90 Å². The van der Waals surface area contributed by atoms with Crippen molar-refractivity contribution in [3.63, 3.8) is 0 Å². The summed E-state index contributed by atoms with van der Waals surface area (Å²) in [6.45, 7) is 0.331. The van der Waals surface area contributed by atoms with Gasteiger partial charge < -0.3 is 15.2 Å². The normalized spacial score (nSPS) is 11.2. The van der Waals surface area contributed by atoms with Crippen LogP contribution in [0.3, 0.4) is 0 Å². The molecule has 0 radical (unpaired) electrons. The van der Waals surface area contributed by atoms with Gasteiger partial charge in [0.05, 0.1) is 11.2 Å². The number of hydrogen-bond donors (Lipinski definition) is 2. The Morgan fingerprint density at radius 3 is 2.38 bits per heavy atom. The number of nitrogens with one attached hydrogen (secondary N) is 1. The molecule has 32 heavy (non-hydrogen) atoms. The number of pyridine rings is 1. The first kappa shape index (κ1) is 20.8. The fraction of sp³-hybridized carbons (Fsp3) is 0.0385. The molecule has 4 aromatic rings. The minimum Gasteiger partial charge on any atom is -0.487 e. The number of primary amides is 1. The first-order valence-electron chi connectivity index (χ1n) is 9.99. The molecule has 4 rings (SSSR count). The van der Waals surface area contributed by atoms with E-state index in [1.165, 1.54) is 0 Å². The van der Waals surface area contributed by atoms with Crippen LogP contribution in [-0.2, 0) is 11.3 Å². The molecule has 0 unspecified atom stereocenters. The number of hydrogen-bond acceptors (Lipinski definition) is 5. The van der Waals surface area contributed by atoms with Crippen LogP contribution in [-0.4, -0.2) is 17.0 Å². The highest BCUT2D eigenvalue weighted by molar-refractivity contribution is 6.24. The number of para-hydroxylation sites is 1. The number of carbonyl (C=O) groups excluding carboxylic acids is 1. The van der Waals surface area contributed by atoms with Crippen LogP contribution in [0.25, 0.3) is 22.6 Å². The lowest BCUT2D eigenvalue weighted by molar-refractivity contribution is 0.208. The van der Waals surface area contributed by atoms with Crippen LogP contribution in [0.1, 0.15) is 16.8 Å². The Morgan fingerprint density at radius 1 is 0.906 bits per heavy atom. The summed E-state index contributed by atoms with van der Waals surface area (Å²) in [4.78, 5) is 15.8. The van der Waals surface area contributed by atoms with Gasteiger partial charge in [-0.25, -0.2) is 9.78 Å². The van der Waals surface area contributed by atoms with Crippen molar-refractivity contribution in [2.75, 3.05) is 0 Å². The van der Waals surface area contributed by atoms with Crippen molar-refractivity contribution in [3.8, 4) is 5.75 Å². The molecule has 0 spiro atoms. The number of benzene rings is 3. The standard InChI is InChI=1S/C26H21N3O3/c27-25(32-26(28)30)23(16-18-6-2-1-3-7-18)19-11-14-22(15-12-19)31-17-21-13-10-20-8-4-5-9-24(20)29-21/h1-16,27H,17H2,(H2,28,30). The Morgan fingerprint density at radius 2 is 1.62 bits per heavy atom. The van der Waals surface area contributed by atoms with Crippen LogP contribution in [0, 0.1) is 5.41 Å². The smallest absolute Gasteiger partial charge is 0.411 e. The van der Waals surface area contributed by atoms with Gasteiger partial charge in [-0.05, 0) is 41.5 Å². The van der Waals surface area contributed by atoms with Gasteiger partial charge in [-0.1, -0.05) is 66.7 Å². The first-order chi connectivity index (χ1) is 15.6. The van der Waals surface area contributed by atoms with E-state index in [0.29, 0.717) is 23.5 Å². The van der Waals surface area contributed by atoms with Crippen molar-refractivity contribution in [2.45, 2.75) is 6.61 Å². The third-order valence-electron chi connectivity index (χ3n) is 4.77. The van der Waals surface area contributed by atoms with Crippen LogP contribution in [0.2, 0.25) is 0 Å². The van der Waals surface area contributed by atoms with E-state index < -0.39 is 6.09 Å². The summed E-state index contributed by atoms with van der Waals surface area (Å²) in [7, 11) is 0. The van der Waals surface area contributed by atoms with Crippen molar-refractivity contribution < 1.29 is 14.3 Å². The molecule has 3 aromatic carbocycles. The van der Waals surface area contributed by atoms with Gasteiger partial charge in [0.25, 0.3) is 0 Å². The van der Waals surface area contributed by atoms with Gasteiger partial charge in [0, 0.05) is 11.0 Å². The Bertz CT molecular complexity index is 1280. The average Bonchev–Trinajstić information content (AvgIpc) is 2.82. The zero-order chi connectivity index (χ0) is 22.3. The number of carbonyl (C=O) groups is 1. The number of ether oxygens (including phenoxy) is 2. The second-order valence-corrected chi connectivity index (χ2v) is 7.03. The maximum atomic E-state index is 11.2. The van der Waals surface area contributed by atoms with Gasteiger partial charge >= 0.3 is 6.09 Å². The fourth-order valence-corrected chi connectivity index (χ4v) is 3.23. The van der Waals surface area contributed by atoms with Crippen LogP contribution in [0.5, 0.6) is 5.75 Å². The lowest BCUT2D eigenvalue weighted by atomic mass is 10.0. The molecule has 0 aliphatic carbocycles. The van der Waals surface area contributed by atoms with E-state index in [2.05, 4.69) is 4.98 Å². The molecule has 0 saturated carbocycles. The summed E-state index contributed by atoms with van der Waals surface area (Å²) in [5.41, 5.74) is 8.84. The van der Waals surface area contributed by atoms with Gasteiger partial charge in [-0.3, -0.25) is 5.41 Å². The van der Waals surface area contributed by atoms with Gasteiger partial charge in [-0.2, -0.15) is 0 Å². The molecule has 0 fully saturated rings. The van der Waals surface area contributed by atoms with Crippen LogP contribution in [0.4, 0.5) is 4.79 Å². The van der Waals surface area contributed by atoms with Gasteiger partial charge in [0.15, 0.2) is 0 Å². The van der Waals surface area contributed by atoms with E-state index in [-0.39, 0.29) is 5.90 Å². The van der Waals surface area contributed by atoms with Crippen LogP contribution >= 0.6 is 0 Å². The van der Waals surface area contributed by atoms with E-state index in [1.54, 1.807) is 30.3 Å². The molecule has 0 bridgehead atoms. The van der Waals surface area contributed by atoms with E-state index in [9.17, 15) is 4.79 Å². The highest BCUT2D eigenvalue weighted by Gasteiger charge is 2.13. The number of nitrogens with zero attached hydrogens (tertiary/aromatic N) is 1. The Hall–Kier alpha value is -4.45. The summed E-state index contributed by atoms with van der Waals surface area (Å²) < 4.78 is 10.7. The highest BCUT2D eigenvalue weighted by Crippen LogP contribution is 2.23.